The number of nitrogens with zero attached hydrogens (tertiary/aromatic N) is 1. The van der Waals surface area contributed by atoms with Gasteiger partial charge in [-0.3, -0.25) is 14.4 Å². The van der Waals surface area contributed by atoms with Gasteiger partial charge in [-0.1, -0.05) is 31.0 Å². The molecule has 6 N–H and O–H groups in total. The number of fused-ring (bicyclic) bond motifs is 6. The summed E-state index contributed by atoms with van der Waals surface area (Å²) >= 11 is 1.89. The summed E-state index contributed by atoms with van der Waals surface area (Å²) in [5.41, 5.74) is -0.0763. The highest BCUT2D eigenvalue weighted by Crippen LogP contribution is 2.67. The summed E-state index contributed by atoms with van der Waals surface area (Å²) in [5, 5.41) is 39.3. The van der Waals surface area contributed by atoms with E-state index in [2.05, 4.69) is 39.4 Å². The predicted octanol–water partition coefficient (Wildman–Crippen LogP) is 2.96. The number of nitrogens with one attached hydrogen (secondary N) is 4. The summed E-state index contributed by atoms with van der Waals surface area (Å²) in [7, 11) is 0. The van der Waals surface area contributed by atoms with Crippen LogP contribution in [0.1, 0.15) is 97.8 Å². The van der Waals surface area contributed by atoms with Crippen molar-refractivity contribution in [3.63, 3.8) is 0 Å². The van der Waals surface area contributed by atoms with E-state index in [0.717, 1.165) is 56.4 Å². The van der Waals surface area contributed by atoms with Gasteiger partial charge >= 0.3 is 6.03 Å². The Morgan fingerprint density at radius 1 is 1.06 bits per heavy atom. The van der Waals surface area contributed by atoms with Crippen LogP contribution in [0.4, 0.5) is 4.79 Å². The fourth-order valence-electron chi connectivity index (χ4n) is 10.5. The van der Waals surface area contributed by atoms with Crippen LogP contribution in [0.3, 0.4) is 0 Å². The molecule has 0 aromatic heterocycles. The SMILES string of the molecule is CC(=O)[C@@]1(O)CC[C@H]2[C@@H]3CCC4=C/C(=N/OCC(=O)NCCCNC(=O)CCCC[C@@H]5SC[C@@H]6NC(=O)N[C@@H]65)CC[C@]4(C)[C@H]3[C@@H](O)C[C@@]21C. The molecule has 2 saturated heterocycles. The molecule has 5 fully saturated rings. The number of amides is 4. The first-order chi connectivity index (χ1) is 23.4. The molecule has 2 heterocycles. The molecule has 49 heavy (non-hydrogen) atoms. The van der Waals surface area contributed by atoms with Crippen LogP contribution >= 0.6 is 11.8 Å². The number of hydrogen-bond acceptors (Lipinski definition) is 9. The van der Waals surface area contributed by atoms with Gasteiger partial charge in [-0.25, -0.2) is 4.79 Å². The van der Waals surface area contributed by atoms with Crippen LogP contribution < -0.4 is 21.3 Å². The summed E-state index contributed by atoms with van der Waals surface area (Å²) in [6, 6.07) is 0.348. The highest BCUT2D eigenvalue weighted by atomic mass is 32.2. The molecule has 272 valence electrons. The maximum Gasteiger partial charge on any atom is 0.315 e. The van der Waals surface area contributed by atoms with Gasteiger partial charge in [0.15, 0.2) is 12.4 Å². The Morgan fingerprint density at radius 2 is 1.84 bits per heavy atom. The molecular weight excluding hydrogens is 646 g/mol. The molecule has 10 atom stereocenters. The van der Waals surface area contributed by atoms with Crippen molar-refractivity contribution in [1.29, 1.82) is 0 Å². The lowest BCUT2D eigenvalue weighted by molar-refractivity contribution is -0.178. The largest absolute Gasteiger partial charge is 0.393 e. The van der Waals surface area contributed by atoms with E-state index >= 15 is 0 Å². The predicted molar refractivity (Wildman–Crippen MR) is 187 cm³/mol. The van der Waals surface area contributed by atoms with Crippen LogP contribution in [0.2, 0.25) is 0 Å². The first-order valence-electron chi connectivity index (χ1n) is 18.4. The zero-order valence-electron chi connectivity index (χ0n) is 29.2. The van der Waals surface area contributed by atoms with Crippen molar-refractivity contribution in [2.75, 3.05) is 25.4 Å². The first kappa shape index (κ1) is 36.2. The Hall–Kier alpha value is -2.64. The first-order valence-corrected chi connectivity index (χ1v) is 19.4. The minimum Gasteiger partial charge on any atom is -0.393 e. The molecule has 3 saturated carbocycles. The lowest BCUT2D eigenvalue weighted by Gasteiger charge is -2.60. The summed E-state index contributed by atoms with van der Waals surface area (Å²) < 4.78 is 0. The Morgan fingerprint density at radius 3 is 2.61 bits per heavy atom. The van der Waals surface area contributed by atoms with Gasteiger partial charge in [0.05, 0.1) is 23.9 Å². The number of hydrogen-bond donors (Lipinski definition) is 6. The minimum atomic E-state index is -1.36. The Kier molecular flexibility index (Phi) is 10.7. The molecule has 0 unspecified atom stereocenters. The second-order valence-corrected chi connectivity index (χ2v) is 17.1. The van der Waals surface area contributed by atoms with Gasteiger partial charge < -0.3 is 36.3 Å². The quantitative estimate of drug-likeness (QED) is 0.0965. The topological polar surface area (TPSA) is 178 Å². The zero-order valence-corrected chi connectivity index (χ0v) is 30.0. The number of aliphatic hydroxyl groups excluding tert-OH is 1. The molecule has 4 amide bonds. The molecule has 0 bridgehead atoms. The number of allylic oxidation sites excluding steroid dienone is 2. The molecule has 0 aromatic carbocycles. The van der Waals surface area contributed by atoms with Crippen LogP contribution in [0.5, 0.6) is 0 Å². The molecule has 13 heteroatoms. The second-order valence-electron chi connectivity index (χ2n) is 15.8. The number of urea groups is 1. The van der Waals surface area contributed by atoms with Crippen molar-refractivity contribution in [3.8, 4) is 0 Å². The number of aliphatic hydroxyl groups is 2. The number of oxime groups is 1. The molecule has 0 radical (unpaired) electrons. The molecule has 12 nitrogen and oxygen atoms in total. The maximum atomic E-state index is 12.5. The molecule has 4 aliphatic carbocycles. The van der Waals surface area contributed by atoms with Gasteiger partial charge in [0.1, 0.15) is 5.60 Å². The fraction of sp³-hybridized carbons (Fsp3) is 0.806. The highest BCUT2D eigenvalue weighted by molar-refractivity contribution is 8.00. The zero-order chi connectivity index (χ0) is 35.0. The summed E-state index contributed by atoms with van der Waals surface area (Å²) in [5.74, 6) is 1.05. The number of thioether (sulfide) groups is 1. The third-order valence-electron chi connectivity index (χ3n) is 13.1. The van der Waals surface area contributed by atoms with E-state index in [9.17, 15) is 29.4 Å². The lowest BCUT2D eigenvalue weighted by Crippen LogP contribution is -2.61. The Labute approximate surface area is 293 Å². The number of ketones is 1. The van der Waals surface area contributed by atoms with E-state index < -0.39 is 17.1 Å². The normalized spacial score (nSPS) is 39.9. The molecule has 6 aliphatic rings. The summed E-state index contributed by atoms with van der Waals surface area (Å²) in [6.45, 7) is 6.49. The van der Waals surface area contributed by atoms with E-state index in [1.165, 1.54) is 12.5 Å². The van der Waals surface area contributed by atoms with Gasteiger partial charge in [-0.15, -0.1) is 0 Å². The van der Waals surface area contributed by atoms with Gasteiger partial charge in [-0.2, -0.15) is 11.8 Å². The highest BCUT2D eigenvalue weighted by Gasteiger charge is 2.67. The van der Waals surface area contributed by atoms with Crippen LogP contribution in [0, 0.1) is 28.6 Å². The average Bonchev–Trinajstić information content (AvgIpc) is 3.69. The van der Waals surface area contributed by atoms with Crippen LogP contribution in [-0.2, 0) is 19.2 Å². The number of carbonyl (C=O) groups excluding carboxylic acids is 4. The van der Waals surface area contributed by atoms with E-state index in [-0.39, 0.29) is 65.5 Å². The van der Waals surface area contributed by atoms with Crippen molar-refractivity contribution >= 4 is 41.1 Å². The molecular formula is C36H55N5O7S. The average molecular weight is 702 g/mol. The van der Waals surface area contributed by atoms with Crippen molar-refractivity contribution in [3.05, 3.63) is 11.6 Å². The van der Waals surface area contributed by atoms with Crippen LogP contribution in [0.15, 0.2) is 16.8 Å². The second kappa shape index (κ2) is 14.5. The van der Waals surface area contributed by atoms with Crippen LogP contribution in [-0.4, -0.2) is 94.0 Å². The molecule has 0 aromatic rings. The summed E-state index contributed by atoms with van der Waals surface area (Å²) in [6.07, 6.45) is 10.4. The number of Topliss-reactive ketones (excluding diaryl/α,β-unsaturated/α-hetero) is 1. The smallest absolute Gasteiger partial charge is 0.315 e. The number of unbranched alkanes of at least 4 members (excludes halogenated alkanes) is 1. The van der Waals surface area contributed by atoms with E-state index in [1.807, 2.05) is 18.7 Å². The summed E-state index contributed by atoms with van der Waals surface area (Å²) in [4.78, 5) is 54.0. The van der Waals surface area contributed by atoms with Gasteiger partial charge in [0.2, 0.25) is 5.91 Å². The third-order valence-corrected chi connectivity index (χ3v) is 14.6. The monoisotopic (exact) mass is 701 g/mol. The van der Waals surface area contributed by atoms with Gasteiger partial charge in [0, 0.05) is 35.9 Å². The fourth-order valence-corrected chi connectivity index (χ4v) is 12.0. The standard InChI is InChI=1S/C36H55N5O7S/c1-21(42)36(47)14-12-25-24-10-9-22-17-23(11-13-34(22,2)31(24)27(43)18-35(25,36)3)41-48-19-30(45)38-16-6-15-37-29(44)8-5-4-7-28-32-26(20-49-28)39-33(46)40-32/h17,24-28,31-32,43,47H,4-16,18-20H2,1-3H3,(H,37,44)(H,38,45)(H2,39,40,46)/b41-23+/t24-,25-,26-,27-,28-,31+,32-,34-,35-,36-/m0/s1. The Bertz CT molecular complexity index is 1370. The van der Waals surface area contributed by atoms with Gasteiger partial charge in [0.25, 0.3) is 5.91 Å². The lowest BCUT2D eigenvalue weighted by atomic mass is 9.45. The van der Waals surface area contributed by atoms with Crippen molar-refractivity contribution in [1.82, 2.24) is 21.3 Å². The van der Waals surface area contributed by atoms with E-state index in [0.29, 0.717) is 50.4 Å². The van der Waals surface area contributed by atoms with Crippen molar-refractivity contribution in [2.24, 2.45) is 33.7 Å². The van der Waals surface area contributed by atoms with Gasteiger partial charge in [-0.05, 0) is 100 Å². The number of rotatable bonds is 13. The Balaban J connectivity index is 0.872. The van der Waals surface area contributed by atoms with Crippen LogP contribution in [0.25, 0.3) is 0 Å². The molecule has 0 spiro atoms. The minimum absolute atomic E-state index is 0.0136. The molecule has 6 rings (SSSR count). The van der Waals surface area contributed by atoms with Crippen molar-refractivity contribution in [2.45, 2.75) is 127 Å². The van der Waals surface area contributed by atoms with E-state index in [4.69, 9.17) is 4.84 Å². The van der Waals surface area contributed by atoms with Crippen molar-refractivity contribution < 1.29 is 34.2 Å². The maximum absolute atomic E-state index is 12.5. The number of carbonyl (C=O) groups is 4. The molecule has 2 aliphatic heterocycles. The van der Waals surface area contributed by atoms with E-state index in [1.54, 1.807) is 0 Å². The third kappa shape index (κ3) is 7.00.